The first-order valence-electron chi connectivity index (χ1n) is 4.18. The van der Waals surface area contributed by atoms with Gasteiger partial charge in [0.15, 0.2) is 0 Å². The number of nitrogens with two attached hydrogens (primary N) is 1. The molecular formula is C7H13N5O2. The lowest BCUT2D eigenvalue weighted by molar-refractivity contribution is -0.120. The zero-order valence-electron chi connectivity index (χ0n) is 8.07. The highest BCUT2D eigenvalue weighted by molar-refractivity contribution is 5.76. The predicted octanol–water partition coefficient (Wildman–Crippen LogP) is -0.412. The van der Waals surface area contributed by atoms with E-state index in [1.807, 2.05) is 6.92 Å². The number of hydrogen-bond donors (Lipinski definition) is 3. The molecule has 4 N–H and O–H groups in total. The van der Waals surface area contributed by atoms with E-state index in [9.17, 15) is 4.79 Å². The maximum atomic E-state index is 11.0. The number of nitrogens with zero attached hydrogens (tertiary/aromatic N) is 2. The van der Waals surface area contributed by atoms with Gasteiger partial charge in [0.05, 0.1) is 0 Å². The molecule has 0 saturated carbocycles. The van der Waals surface area contributed by atoms with Crippen LogP contribution >= 0.6 is 0 Å². The Morgan fingerprint density at radius 1 is 1.64 bits per heavy atom. The van der Waals surface area contributed by atoms with Crippen LogP contribution in [0.5, 0.6) is 0 Å². The molecule has 14 heavy (non-hydrogen) atoms. The summed E-state index contributed by atoms with van der Waals surface area (Å²) in [5.41, 5.74) is 5.22. The van der Waals surface area contributed by atoms with Gasteiger partial charge in [-0.2, -0.15) is 0 Å². The number of anilines is 2. The molecule has 0 bridgehead atoms. The Bertz CT molecular complexity index is 311. The highest BCUT2D eigenvalue weighted by atomic mass is 16.4. The van der Waals surface area contributed by atoms with Crippen LogP contribution < -0.4 is 16.4 Å². The zero-order chi connectivity index (χ0) is 10.6. The molecule has 0 fully saturated rings. The van der Waals surface area contributed by atoms with E-state index in [4.69, 9.17) is 10.2 Å². The van der Waals surface area contributed by atoms with Gasteiger partial charge in [0.1, 0.15) is 0 Å². The fourth-order valence-electron chi connectivity index (χ4n) is 0.935. The Kier molecular flexibility index (Phi) is 3.27. The molecule has 1 heterocycles. The number of carbonyl (C=O) groups is 1. The van der Waals surface area contributed by atoms with Gasteiger partial charge in [-0.1, -0.05) is 10.2 Å². The molecule has 7 nitrogen and oxygen atoms in total. The van der Waals surface area contributed by atoms with Crippen molar-refractivity contribution >= 4 is 17.9 Å². The van der Waals surface area contributed by atoms with Crippen molar-refractivity contribution in [2.24, 2.45) is 0 Å². The van der Waals surface area contributed by atoms with Crippen molar-refractivity contribution in [2.45, 2.75) is 19.4 Å². The second-order valence-corrected chi connectivity index (χ2v) is 2.87. The highest BCUT2D eigenvalue weighted by Crippen LogP contribution is 2.08. The summed E-state index contributed by atoms with van der Waals surface area (Å²) in [5.74, 6) is -0.0579. The Labute approximate surface area is 81.1 Å². The van der Waals surface area contributed by atoms with Gasteiger partial charge in [-0.15, -0.1) is 0 Å². The molecule has 1 aromatic heterocycles. The second kappa shape index (κ2) is 4.45. The van der Waals surface area contributed by atoms with Crippen LogP contribution in [0.3, 0.4) is 0 Å². The number of amides is 1. The summed E-state index contributed by atoms with van der Waals surface area (Å²) < 4.78 is 4.88. The number of nitrogens with one attached hydrogen (secondary N) is 2. The Balaban J connectivity index is 2.41. The predicted molar refractivity (Wildman–Crippen MR) is 50.5 cm³/mol. The van der Waals surface area contributed by atoms with Crippen molar-refractivity contribution in [3.63, 3.8) is 0 Å². The lowest BCUT2D eigenvalue weighted by Crippen LogP contribution is -2.26. The zero-order valence-corrected chi connectivity index (χ0v) is 8.07. The van der Waals surface area contributed by atoms with E-state index >= 15 is 0 Å². The number of hydrogen-bond acceptors (Lipinski definition) is 6. The third-order valence-electron chi connectivity index (χ3n) is 1.58. The first kappa shape index (κ1) is 10.3. The van der Waals surface area contributed by atoms with Crippen LogP contribution in [0.15, 0.2) is 4.42 Å². The number of carbonyl (C=O) groups excluding carboxylic acids is 1. The van der Waals surface area contributed by atoms with E-state index in [-0.39, 0.29) is 24.0 Å². The van der Waals surface area contributed by atoms with Gasteiger partial charge in [0, 0.05) is 19.5 Å². The minimum Gasteiger partial charge on any atom is -0.390 e. The summed E-state index contributed by atoms with van der Waals surface area (Å²) in [6, 6.07) is 0.133. The molecule has 0 spiro atoms. The lowest BCUT2D eigenvalue weighted by atomic mass is 10.2. The molecule has 1 atom stereocenters. The molecule has 1 unspecified atom stereocenters. The average molecular weight is 199 g/mol. The van der Waals surface area contributed by atoms with Crippen LogP contribution in [-0.4, -0.2) is 29.2 Å². The minimum atomic E-state index is -0.0881. The van der Waals surface area contributed by atoms with Crippen LogP contribution in [0.2, 0.25) is 0 Å². The van der Waals surface area contributed by atoms with E-state index in [1.165, 1.54) is 0 Å². The molecule has 1 aromatic rings. The molecule has 0 aliphatic rings. The van der Waals surface area contributed by atoms with Gasteiger partial charge in [-0.05, 0) is 6.92 Å². The third-order valence-corrected chi connectivity index (χ3v) is 1.58. The highest BCUT2D eigenvalue weighted by Gasteiger charge is 2.10. The van der Waals surface area contributed by atoms with Crippen molar-refractivity contribution in [3.8, 4) is 0 Å². The smallest absolute Gasteiger partial charge is 0.317 e. The fraction of sp³-hybridized carbons (Fsp3) is 0.571. The van der Waals surface area contributed by atoms with Crippen molar-refractivity contribution in [1.29, 1.82) is 0 Å². The standard InChI is InChI=1S/C7H13N5O2/c1-4(3-5(13)9-2)10-7-12-11-6(8)14-7/h4H,3H2,1-2H3,(H2,8,11)(H,9,13)(H,10,12). The monoisotopic (exact) mass is 199 g/mol. The lowest BCUT2D eigenvalue weighted by Gasteiger charge is -2.09. The topological polar surface area (TPSA) is 106 Å². The van der Waals surface area contributed by atoms with Crippen molar-refractivity contribution in [2.75, 3.05) is 18.1 Å². The van der Waals surface area contributed by atoms with Crippen LogP contribution in [0.4, 0.5) is 12.0 Å². The van der Waals surface area contributed by atoms with E-state index in [1.54, 1.807) is 7.05 Å². The summed E-state index contributed by atoms with van der Waals surface area (Å²) >= 11 is 0. The SMILES string of the molecule is CNC(=O)CC(C)Nc1nnc(N)o1. The molecule has 0 aliphatic heterocycles. The van der Waals surface area contributed by atoms with Gasteiger partial charge in [0.25, 0.3) is 0 Å². The largest absolute Gasteiger partial charge is 0.390 e. The number of nitrogen functional groups attached to an aromatic ring is 1. The molecule has 0 aromatic carbocycles. The molecule has 0 saturated heterocycles. The molecule has 7 heteroatoms. The second-order valence-electron chi connectivity index (χ2n) is 2.87. The minimum absolute atomic E-state index is 0.000331. The first-order valence-corrected chi connectivity index (χ1v) is 4.18. The summed E-state index contributed by atoms with van der Waals surface area (Å²) in [4.78, 5) is 11.0. The fourth-order valence-corrected chi connectivity index (χ4v) is 0.935. The van der Waals surface area contributed by atoms with Crippen molar-refractivity contribution < 1.29 is 9.21 Å². The third kappa shape index (κ3) is 2.92. The number of rotatable bonds is 4. The normalized spacial score (nSPS) is 12.1. The first-order chi connectivity index (χ1) is 6.61. The average Bonchev–Trinajstić information content (AvgIpc) is 2.50. The van der Waals surface area contributed by atoms with E-state index in [0.717, 1.165) is 0 Å². The van der Waals surface area contributed by atoms with Crippen molar-refractivity contribution in [1.82, 2.24) is 15.5 Å². The summed E-state index contributed by atoms with van der Waals surface area (Å²) in [5, 5.41) is 12.4. The molecule has 0 aliphatic carbocycles. The molecule has 1 amide bonds. The Hall–Kier alpha value is -1.79. The van der Waals surface area contributed by atoms with Gasteiger partial charge in [0.2, 0.25) is 5.91 Å². The summed E-state index contributed by atoms with van der Waals surface area (Å²) in [7, 11) is 1.58. The van der Waals surface area contributed by atoms with E-state index in [0.29, 0.717) is 6.42 Å². The van der Waals surface area contributed by atoms with E-state index in [2.05, 4.69) is 20.8 Å². The van der Waals surface area contributed by atoms with Crippen LogP contribution in [-0.2, 0) is 4.79 Å². The maximum Gasteiger partial charge on any atom is 0.317 e. The van der Waals surface area contributed by atoms with Gasteiger partial charge >= 0.3 is 12.0 Å². The van der Waals surface area contributed by atoms with Gasteiger partial charge in [-0.25, -0.2) is 0 Å². The molecule has 0 radical (unpaired) electrons. The Morgan fingerprint density at radius 2 is 2.36 bits per heavy atom. The maximum absolute atomic E-state index is 11.0. The van der Waals surface area contributed by atoms with Crippen LogP contribution in [0.25, 0.3) is 0 Å². The molecular weight excluding hydrogens is 186 g/mol. The van der Waals surface area contributed by atoms with Gasteiger partial charge in [-0.3, -0.25) is 4.79 Å². The van der Waals surface area contributed by atoms with E-state index < -0.39 is 0 Å². The Morgan fingerprint density at radius 3 is 2.86 bits per heavy atom. The quantitative estimate of drug-likeness (QED) is 0.608. The van der Waals surface area contributed by atoms with Crippen LogP contribution in [0.1, 0.15) is 13.3 Å². The van der Waals surface area contributed by atoms with Gasteiger partial charge < -0.3 is 20.8 Å². The van der Waals surface area contributed by atoms with Crippen LogP contribution in [0, 0.1) is 0 Å². The summed E-state index contributed by atoms with van der Waals surface area (Å²) in [6.07, 6.45) is 0.332. The summed E-state index contributed by atoms with van der Waals surface area (Å²) in [6.45, 7) is 1.83. The molecule has 78 valence electrons. The molecule has 1 rings (SSSR count). The number of aromatic nitrogens is 2. The van der Waals surface area contributed by atoms with Crippen molar-refractivity contribution in [3.05, 3.63) is 0 Å².